The quantitative estimate of drug-likeness (QED) is 0.777. The highest BCUT2D eigenvalue weighted by atomic mass is 32.1. The minimum atomic E-state index is 0.467. The first kappa shape index (κ1) is 11.9. The van der Waals surface area contributed by atoms with Gasteiger partial charge in [0.05, 0.1) is 11.9 Å². The van der Waals surface area contributed by atoms with Crippen LogP contribution >= 0.6 is 11.3 Å². The molecule has 6 heteroatoms. The first-order chi connectivity index (χ1) is 9.13. The topological polar surface area (TPSA) is 69.6 Å². The largest absolute Gasteiger partial charge is 0.384 e. The second-order valence-electron chi connectivity index (χ2n) is 4.37. The fraction of sp³-hybridized carbons (Fsp3) is 0.154. The van der Waals surface area contributed by atoms with E-state index in [1.165, 1.54) is 0 Å². The van der Waals surface area contributed by atoms with Crippen LogP contribution in [0.5, 0.6) is 0 Å². The molecule has 0 unspecified atom stereocenters. The Morgan fingerprint density at radius 2 is 2.11 bits per heavy atom. The molecule has 3 heterocycles. The van der Waals surface area contributed by atoms with Crippen LogP contribution in [-0.4, -0.2) is 19.7 Å². The third-order valence-electron chi connectivity index (χ3n) is 2.84. The van der Waals surface area contributed by atoms with Crippen molar-refractivity contribution in [3.05, 3.63) is 34.8 Å². The Bertz CT molecular complexity index is 728. The average molecular weight is 271 g/mol. The molecule has 0 aliphatic rings. The molecule has 0 amide bonds. The number of aryl methyl sites for hydroxylation is 2. The lowest BCUT2D eigenvalue weighted by atomic mass is 10.2. The van der Waals surface area contributed by atoms with E-state index in [0.717, 1.165) is 22.4 Å². The van der Waals surface area contributed by atoms with E-state index in [4.69, 9.17) is 5.73 Å². The summed E-state index contributed by atoms with van der Waals surface area (Å²) in [6.45, 7) is 2.04. The summed E-state index contributed by atoms with van der Waals surface area (Å²) >= 11 is 1.64. The van der Waals surface area contributed by atoms with Crippen LogP contribution in [0.25, 0.3) is 22.6 Å². The predicted molar refractivity (Wildman–Crippen MR) is 76.7 cm³/mol. The van der Waals surface area contributed by atoms with Crippen molar-refractivity contribution in [2.75, 3.05) is 5.73 Å². The molecule has 2 N–H and O–H groups in total. The van der Waals surface area contributed by atoms with Crippen LogP contribution < -0.4 is 5.73 Å². The SMILES string of the molecule is Cc1cscc1-c1nc(N)cc(-c2cnn(C)c2)n1. The Kier molecular flexibility index (Phi) is 2.79. The summed E-state index contributed by atoms with van der Waals surface area (Å²) in [6.07, 6.45) is 3.68. The summed E-state index contributed by atoms with van der Waals surface area (Å²) in [5, 5.41) is 8.26. The molecular weight excluding hydrogens is 258 g/mol. The van der Waals surface area contributed by atoms with Crippen LogP contribution in [0.1, 0.15) is 5.56 Å². The fourth-order valence-corrected chi connectivity index (χ4v) is 2.70. The van der Waals surface area contributed by atoms with Gasteiger partial charge in [-0.2, -0.15) is 16.4 Å². The van der Waals surface area contributed by atoms with Crippen molar-refractivity contribution in [1.82, 2.24) is 19.7 Å². The molecule has 0 saturated carbocycles. The number of hydrogen-bond donors (Lipinski definition) is 1. The second kappa shape index (κ2) is 4.47. The molecule has 0 aromatic carbocycles. The van der Waals surface area contributed by atoms with E-state index in [0.29, 0.717) is 11.6 Å². The molecule has 0 aliphatic carbocycles. The number of nitrogen functional groups attached to an aromatic ring is 1. The third kappa shape index (κ3) is 2.22. The maximum absolute atomic E-state index is 5.88. The summed E-state index contributed by atoms with van der Waals surface area (Å²) in [7, 11) is 1.87. The molecule has 19 heavy (non-hydrogen) atoms. The summed E-state index contributed by atoms with van der Waals surface area (Å²) < 4.78 is 1.74. The van der Waals surface area contributed by atoms with E-state index >= 15 is 0 Å². The van der Waals surface area contributed by atoms with Gasteiger partial charge in [-0.15, -0.1) is 0 Å². The lowest BCUT2D eigenvalue weighted by Crippen LogP contribution is -1.97. The summed E-state index contributed by atoms with van der Waals surface area (Å²) in [5.74, 6) is 1.13. The van der Waals surface area contributed by atoms with Crippen LogP contribution in [-0.2, 0) is 7.05 Å². The van der Waals surface area contributed by atoms with Crippen LogP contribution in [0.2, 0.25) is 0 Å². The van der Waals surface area contributed by atoms with Crippen molar-refractivity contribution in [3.63, 3.8) is 0 Å². The first-order valence-corrected chi connectivity index (χ1v) is 6.74. The number of hydrogen-bond acceptors (Lipinski definition) is 5. The Morgan fingerprint density at radius 1 is 1.26 bits per heavy atom. The van der Waals surface area contributed by atoms with Gasteiger partial charge in [0.1, 0.15) is 5.82 Å². The molecule has 0 fully saturated rings. The van der Waals surface area contributed by atoms with E-state index in [2.05, 4.69) is 20.4 Å². The van der Waals surface area contributed by atoms with Crippen molar-refractivity contribution < 1.29 is 0 Å². The summed E-state index contributed by atoms with van der Waals surface area (Å²) in [4.78, 5) is 8.90. The fourth-order valence-electron chi connectivity index (χ4n) is 1.88. The highest BCUT2D eigenvalue weighted by Crippen LogP contribution is 2.27. The summed E-state index contributed by atoms with van der Waals surface area (Å²) in [5.41, 5.74) is 9.80. The number of aromatic nitrogens is 4. The molecule has 3 aromatic heterocycles. The van der Waals surface area contributed by atoms with Crippen LogP contribution in [0.4, 0.5) is 5.82 Å². The zero-order chi connectivity index (χ0) is 13.4. The Hall–Kier alpha value is -2.21. The molecule has 0 bridgehead atoms. The van der Waals surface area contributed by atoms with E-state index in [-0.39, 0.29) is 0 Å². The van der Waals surface area contributed by atoms with Crippen molar-refractivity contribution in [1.29, 1.82) is 0 Å². The lowest BCUT2D eigenvalue weighted by molar-refractivity contribution is 0.768. The molecule has 0 saturated heterocycles. The molecule has 96 valence electrons. The second-order valence-corrected chi connectivity index (χ2v) is 5.12. The van der Waals surface area contributed by atoms with Gasteiger partial charge in [-0.05, 0) is 17.9 Å². The van der Waals surface area contributed by atoms with Gasteiger partial charge in [-0.1, -0.05) is 0 Å². The van der Waals surface area contributed by atoms with Gasteiger partial charge in [0, 0.05) is 35.8 Å². The molecule has 3 rings (SSSR count). The Balaban J connectivity index is 2.13. The standard InChI is InChI=1S/C13H13N5S/c1-8-6-19-7-10(8)13-16-11(3-12(14)17-13)9-4-15-18(2)5-9/h3-7H,1-2H3,(H2,14,16,17). The lowest BCUT2D eigenvalue weighted by Gasteiger charge is -2.04. The molecule has 3 aromatic rings. The molecule has 0 atom stereocenters. The van der Waals surface area contributed by atoms with Gasteiger partial charge in [0.15, 0.2) is 5.82 Å². The molecular formula is C13H13N5S. The smallest absolute Gasteiger partial charge is 0.163 e. The van der Waals surface area contributed by atoms with Gasteiger partial charge in [-0.25, -0.2) is 9.97 Å². The molecule has 0 spiro atoms. The number of thiophene rings is 1. The Labute approximate surface area is 114 Å². The summed E-state index contributed by atoms with van der Waals surface area (Å²) in [6, 6.07) is 1.77. The Morgan fingerprint density at radius 3 is 2.74 bits per heavy atom. The predicted octanol–water partition coefficient (Wildman–Crippen LogP) is 2.50. The number of nitrogens with zero attached hydrogens (tertiary/aromatic N) is 4. The van der Waals surface area contributed by atoms with E-state index < -0.39 is 0 Å². The first-order valence-electron chi connectivity index (χ1n) is 5.80. The monoisotopic (exact) mass is 271 g/mol. The van der Waals surface area contributed by atoms with Crippen LogP contribution in [0, 0.1) is 6.92 Å². The zero-order valence-corrected chi connectivity index (χ0v) is 11.5. The van der Waals surface area contributed by atoms with Gasteiger partial charge in [0.25, 0.3) is 0 Å². The minimum absolute atomic E-state index is 0.467. The maximum atomic E-state index is 5.88. The van der Waals surface area contributed by atoms with Crippen molar-refractivity contribution in [2.45, 2.75) is 6.92 Å². The average Bonchev–Trinajstić information content (AvgIpc) is 2.97. The van der Waals surface area contributed by atoms with Gasteiger partial charge in [0.2, 0.25) is 0 Å². The van der Waals surface area contributed by atoms with Crippen molar-refractivity contribution in [3.8, 4) is 22.6 Å². The van der Waals surface area contributed by atoms with E-state index in [9.17, 15) is 0 Å². The van der Waals surface area contributed by atoms with Crippen molar-refractivity contribution in [2.24, 2.45) is 7.05 Å². The zero-order valence-electron chi connectivity index (χ0n) is 10.7. The maximum Gasteiger partial charge on any atom is 0.163 e. The third-order valence-corrected chi connectivity index (χ3v) is 3.70. The minimum Gasteiger partial charge on any atom is -0.384 e. The highest BCUT2D eigenvalue weighted by Gasteiger charge is 2.10. The van der Waals surface area contributed by atoms with E-state index in [1.807, 2.05) is 25.5 Å². The highest BCUT2D eigenvalue weighted by molar-refractivity contribution is 7.08. The molecule has 0 aliphatic heterocycles. The number of rotatable bonds is 2. The van der Waals surface area contributed by atoms with Crippen molar-refractivity contribution >= 4 is 17.2 Å². The number of nitrogens with two attached hydrogens (primary N) is 1. The van der Waals surface area contributed by atoms with Gasteiger partial charge in [-0.3, -0.25) is 4.68 Å². The van der Waals surface area contributed by atoms with Gasteiger partial charge < -0.3 is 5.73 Å². The van der Waals surface area contributed by atoms with Crippen LogP contribution in [0.15, 0.2) is 29.2 Å². The van der Waals surface area contributed by atoms with E-state index in [1.54, 1.807) is 28.3 Å². The normalized spacial score (nSPS) is 10.8. The number of anilines is 1. The molecule has 0 radical (unpaired) electrons. The van der Waals surface area contributed by atoms with Gasteiger partial charge >= 0.3 is 0 Å². The van der Waals surface area contributed by atoms with Crippen LogP contribution in [0.3, 0.4) is 0 Å². The molecule has 5 nitrogen and oxygen atoms in total.